The van der Waals surface area contributed by atoms with Gasteiger partial charge in [-0.05, 0) is 19.9 Å². The molecule has 2 saturated heterocycles. The molecule has 0 aliphatic carbocycles. The van der Waals surface area contributed by atoms with E-state index in [1.807, 2.05) is 0 Å². The zero-order valence-corrected chi connectivity index (χ0v) is 13.5. The molecule has 0 radical (unpaired) electrons. The molecular weight excluding hydrogens is 303 g/mol. The Morgan fingerprint density at radius 1 is 1.30 bits per heavy atom. The minimum atomic E-state index is -0.796. The fourth-order valence-corrected chi connectivity index (χ4v) is 2.92. The van der Waals surface area contributed by atoms with E-state index in [-0.39, 0.29) is 18.2 Å². The highest BCUT2D eigenvalue weighted by molar-refractivity contribution is 5.83. The smallest absolute Gasteiger partial charge is 0.190 e. The molecule has 3 rings (SSSR count). The standard InChI is InChI=1S/C17H21FO5/c1-4-12(19)13-14(15-16(21-13)23-17(2,3)22-15)20-9-10-7-5-6-8-11(10)18/h5-8,13-16H,4,9H2,1-3H3/t13-,14+,15-,16-/m1/s1. The van der Waals surface area contributed by atoms with Gasteiger partial charge in [-0.25, -0.2) is 4.39 Å². The average Bonchev–Trinajstić information content (AvgIpc) is 2.98. The van der Waals surface area contributed by atoms with Gasteiger partial charge in [-0.3, -0.25) is 4.79 Å². The zero-order chi connectivity index (χ0) is 16.6. The molecule has 2 heterocycles. The lowest BCUT2D eigenvalue weighted by atomic mass is 10.1. The highest BCUT2D eigenvalue weighted by atomic mass is 19.1. The number of carbonyl (C=O) groups excluding carboxylic acids is 1. The number of carbonyl (C=O) groups is 1. The molecule has 23 heavy (non-hydrogen) atoms. The van der Waals surface area contributed by atoms with E-state index in [4.69, 9.17) is 18.9 Å². The van der Waals surface area contributed by atoms with Gasteiger partial charge in [-0.2, -0.15) is 0 Å². The van der Waals surface area contributed by atoms with Crippen molar-refractivity contribution in [3.63, 3.8) is 0 Å². The highest BCUT2D eigenvalue weighted by Crippen LogP contribution is 2.39. The molecule has 2 fully saturated rings. The van der Waals surface area contributed by atoms with Crippen molar-refractivity contribution in [3.8, 4) is 0 Å². The fourth-order valence-electron chi connectivity index (χ4n) is 2.92. The summed E-state index contributed by atoms with van der Waals surface area (Å²) in [6.07, 6.45) is -2.19. The van der Waals surface area contributed by atoms with Crippen LogP contribution in [0.2, 0.25) is 0 Å². The minimum absolute atomic E-state index is 0.0429. The summed E-state index contributed by atoms with van der Waals surface area (Å²) < 4.78 is 36.7. The number of fused-ring (bicyclic) bond motifs is 1. The largest absolute Gasteiger partial charge is 0.367 e. The Hall–Kier alpha value is -1.34. The molecule has 0 amide bonds. The molecule has 1 aromatic carbocycles. The molecule has 0 bridgehead atoms. The summed E-state index contributed by atoms with van der Waals surface area (Å²) in [4.78, 5) is 12.1. The second-order valence-electron chi connectivity index (χ2n) is 6.21. The molecule has 2 aliphatic rings. The molecule has 0 aromatic heterocycles. The van der Waals surface area contributed by atoms with E-state index in [1.165, 1.54) is 6.07 Å². The third kappa shape index (κ3) is 3.30. The molecule has 4 atom stereocenters. The zero-order valence-electron chi connectivity index (χ0n) is 13.5. The maximum atomic E-state index is 13.7. The number of hydrogen-bond acceptors (Lipinski definition) is 5. The van der Waals surface area contributed by atoms with Crippen molar-refractivity contribution in [1.82, 2.24) is 0 Å². The maximum Gasteiger partial charge on any atom is 0.190 e. The molecule has 2 aliphatic heterocycles. The van der Waals surface area contributed by atoms with Crippen molar-refractivity contribution in [1.29, 1.82) is 0 Å². The van der Waals surface area contributed by atoms with Gasteiger partial charge in [0.15, 0.2) is 17.9 Å². The van der Waals surface area contributed by atoms with Crippen molar-refractivity contribution in [2.24, 2.45) is 0 Å². The van der Waals surface area contributed by atoms with Crippen LogP contribution in [0.4, 0.5) is 4.39 Å². The molecule has 0 N–H and O–H groups in total. The number of hydrogen-bond donors (Lipinski definition) is 0. The minimum Gasteiger partial charge on any atom is -0.367 e. The third-order valence-corrected chi connectivity index (χ3v) is 4.05. The summed E-state index contributed by atoms with van der Waals surface area (Å²) in [7, 11) is 0. The van der Waals surface area contributed by atoms with Crippen LogP contribution < -0.4 is 0 Å². The predicted molar refractivity (Wildman–Crippen MR) is 79.0 cm³/mol. The van der Waals surface area contributed by atoms with Gasteiger partial charge in [-0.1, -0.05) is 25.1 Å². The van der Waals surface area contributed by atoms with E-state index in [0.717, 1.165) is 0 Å². The van der Waals surface area contributed by atoms with E-state index in [9.17, 15) is 9.18 Å². The van der Waals surface area contributed by atoms with Crippen molar-refractivity contribution in [2.75, 3.05) is 0 Å². The lowest BCUT2D eigenvalue weighted by molar-refractivity contribution is -0.218. The number of benzene rings is 1. The van der Waals surface area contributed by atoms with E-state index in [2.05, 4.69) is 0 Å². The second kappa shape index (κ2) is 6.28. The van der Waals surface area contributed by atoms with Crippen LogP contribution in [0.1, 0.15) is 32.8 Å². The van der Waals surface area contributed by atoms with Gasteiger partial charge in [0, 0.05) is 12.0 Å². The third-order valence-electron chi connectivity index (χ3n) is 4.05. The molecule has 126 valence electrons. The van der Waals surface area contributed by atoms with Crippen LogP contribution in [0.5, 0.6) is 0 Å². The normalized spacial score (nSPS) is 32.0. The number of halogens is 1. The van der Waals surface area contributed by atoms with Crippen LogP contribution in [-0.4, -0.2) is 36.2 Å². The number of ketones is 1. The second-order valence-corrected chi connectivity index (χ2v) is 6.21. The number of rotatable bonds is 5. The Kier molecular flexibility index (Phi) is 4.51. The summed E-state index contributed by atoms with van der Waals surface area (Å²) in [5.74, 6) is -1.22. The van der Waals surface area contributed by atoms with E-state index in [0.29, 0.717) is 12.0 Å². The lowest BCUT2D eigenvalue weighted by Gasteiger charge is -2.25. The number of Topliss-reactive ketones (excluding diaryl/α,β-unsaturated/α-hetero) is 1. The SMILES string of the molecule is CCC(=O)[C@H]1O[C@@H]2OC(C)(C)O[C@@H]2[C@H]1OCc1ccccc1F. The first kappa shape index (κ1) is 16.5. The first-order valence-corrected chi connectivity index (χ1v) is 7.80. The molecule has 5 nitrogen and oxygen atoms in total. The summed E-state index contributed by atoms with van der Waals surface area (Å²) in [6.45, 7) is 5.36. The van der Waals surface area contributed by atoms with Gasteiger partial charge < -0.3 is 18.9 Å². The Balaban J connectivity index is 1.75. The molecule has 6 heteroatoms. The van der Waals surface area contributed by atoms with Gasteiger partial charge in [0.25, 0.3) is 0 Å². The number of ether oxygens (including phenoxy) is 4. The Labute approximate surface area is 134 Å². The average molecular weight is 324 g/mol. The Bertz CT molecular complexity index is 588. The van der Waals surface area contributed by atoms with Gasteiger partial charge in [0.1, 0.15) is 24.1 Å². The molecule has 0 unspecified atom stereocenters. The van der Waals surface area contributed by atoms with Gasteiger partial charge >= 0.3 is 0 Å². The molecule has 1 aromatic rings. The van der Waals surface area contributed by atoms with E-state index < -0.39 is 30.4 Å². The summed E-state index contributed by atoms with van der Waals surface area (Å²) >= 11 is 0. The van der Waals surface area contributed by atoms with E-state index >= 15 is 0 Å². The van der Waals surface area contributed by atoms with Crippen molar-refractivity contribution >= 4 is 5.78 Å². The van der Waals surface area contributed by atoms with Gasteiger partial charge in [0.05, 0.1) is 6.61 Å². The Morgan fingerprint density at radius 2 is 2.04 bits per heavy atom. The Morgan fingerprint density at radius 3 is 2.74 bits per heavy atom. The van der Waals surface area contributed by atoms with Crippen molar-refractivity contribution in [2.45, 2.75) is 64.2 Å². The monoisotopic (exact) mass is 324 g/mol. The molecular formula is C17H21FO5. The molecule has 0 saturated carbocycles. The predicted octanol–water partition coefficient (Wildman–Crippen LogP) is 2.57. The summed E-state index contributed by atoms with van der Waals surface area (Å²) in [5.41, 5.74) is 0.428. The molecule has 0 spiro atoms. The van der Waals surface area contributed by atoms with Crippen molar-refractivity contribution < 1.29 is 28.1 Å². The van der Waals surface area contributed by atoms with Crippen LogP contribution in [-0.2, 0) is 30.3 Å². The van der Waals surface area contributed by atoms with Gasteiger partial charge in [0.2, 0.25) is 0 Å². The maximum absolute atomic E-state index is 13.7. The van der Waals surface area contributed by atoms with Crippen LogP contribution in [0.25, 0.3) is 0 Å². The topological polar surface area (TPSA) is 54.0 Å². The lowest BCUT2D eigenvalue weighted by Crippen LogP contribution is -2.40. The van der Waals surface area contributed by atoms with Crippen LogP contribution in [0.15, 0.2) is 24.3 Å². The van der Waals surface area contributed by atoms with Gasteiger partial charge in [-0.15, -0.1) is 0 Å². The van der Waals surface area contributed by atoms with Crippen LogP contribution in [0, 0.1) is 5.82 Å². The fraction of sp³-hybridized carbons (Fsp3) is 0.588. The quantitative estimate of drug-likeness (QED) is 0.833. The van der Waals surface area contributed by atoms with Crippen LogP contribution in [0.3, 0.4) is 0 Å². The first-order chi connectivity index (χ1) is 10.9. The summed E-state index contributed by atoms with van der Waals surface area (Å²) in [6, 6.07) is 6.38. The first-order valence-electron chi connectivity index (χ1n) is 7.80. The van der Waals surface area contributed by atoms with Crippen LogP contribution >= 0.6 is 0 Å². The summed E-state index contributed by atoms with van der Waals surface area (Å²) in [5, 5.41) is 0. The van der Waals surface area contributed by atoms with Crippen molar-refractivity contribution in [3.05, 3.63) is 35.6 Å². The highest BCUT2D eigenvalue weighted by Gasteiger charge is 2.56. The van der Waals surface area contributed by atoms with E-state index in [1.54, 1.807) is 39.0 Å².